The van der Waals surface area contributed by atoms with Gasteiger partial charge in [-0.25, -0.2) is 0 Å². The molecule has 5 rings (SSSR count). The van der Waals surface area contributed by atoms with E-state index in [4.69, 9.17) is 0 Å². The Kier molecular flexibility index (Phi) is 3.93. The highest BCUT2D eigenvalue weighted by molar-refractivity contribution is 5.33. The molecular weight excluding hydrogens is 324 g/mol. The van der Waals surface area contributed by atoms with E-state index in [2.05, 4.69) is 47.6 Å². The third kappa shape index (κ3) is 2.17. The normalized spacial score (nSPS) is 59.9. The molecule has 0 aromatic carbocycles. The summed E-state index contributed by atoms with van der Waals surface area (Å²) in [6.07, 6.45) is 17.6. The average molecular weight is 369 g/mol. The highest BCUT2D eigenvalue weighted by Crippen LogP contribution is 2.74. The first-order valence-corrected chi connectivity index (χ1v) is 12.4. The van der Waals surface area contributed by atoms with E-state index in [1.165, 1.54) is 64.2 Å². The summed E-state index contributed by atoms with van der Waals surface area (Å²) >= 11 is 0. The summed E-state index contributed by atoms with van der Waals surface area (Å²) in [5.74, 6) is 4.58. The van der Waals surface area contributed by atoms with Gasteiger partial charge in [-0.05, 0) is 109 Å². The molecule has 0 N–H and O–H groups in total. The first kappa shape index (κ1) is 18.7. The molecule has 9 atom stereocenters. The van der Waals surface area contributed by atoms with Crippen LogP contribution in [0.3, 0.4) is 0 Å². The van der Waals surface area contributed by atoms with Crippen molar-refractivity contribution in [2.45, 2.75) is 106 Å². The van der Waals surface area contributed by atoms with Crippen LogP contribution in [0.25, 0.3) is 0 Å². The van der Waals surface area contributed by atoms with Gasteiger partial charge in [0.25, 0.3) is 0 Å². The number of allylic oxidation sites excluding steroid dienone is 2. The topological polar surface area (TPSA) is 0 Å². The Morgan fingerprint density at radius 1 is 0.852 bits per heavy atom. The highest BCUT2D eigenvalue weighted by Gasteiger charge is 2.66. The molecule has 0 radical (unpaired) electrons. The summed E-state index contributed by atoms with van der Waals surface area (Å²) in [6, 6.07) is 0. The van der Waals surface area contributed by atoms with Crippen molar-refractivity contribution in [3.8, 4) is 0 Å². The van der Waals surface area contributed by atoms with Crippen LogP contribution >= 0.6 is 0 Å². The standard InChI is InChI=1S/C27H44/c1-18-11-14-24(3)16-17-26(5)21(23(24)19(18)2)9-10-22-25(4)13-7-8-20(25)12-15-27(22,26)6/h9,18-20,22-23H,7-8,10-17H2,1-6H3. The lowest BCUT2D eigenvalue weighted by Crippen LogP contribution is -2.60. The zero-order chi connectivity index (χ0) is 19.2. The van der Waals surface area contributed by atoms with Crippen LogP contribution in [0.1, 0.15) is 106 Å². The minimum atomic E-state index is 0.460. The molecule has 0 bridgehead atoms. The van der Waals surface area contributed by atoms with Crippen LogP contribution in [-0.4, -0.2) is 0 Å². The van der Waals surface area contributed by atoms with Crippen molar-refractivity contribution in [2.24, 2.45) is 51.2 Å². The number of fused-ring (bicyclic) bond motifs is 7. The third-order valence-electron chi connectivity index (χ3n) is 12.1. The molecular formula is C27H44. The molecule has 0 aromatic rings. The van der Waals surface area contributed by atoms with E-state index >= 15 is 0 Å². The van der Waals surface area contributed by atoms with Crippen LogP contribution in [-0.2, 0) is 0 Å². The van der Waals surface area contributed by atoms with Gasteiger partial charge in [-0.3, -0.25) is 0 Å². The van der Waals surface area contributed by atoms with Crippen molar-refractivity contribution in [1.82, 2.24) is 0 Å². The molecule has 4 fully saturated rings. The van der Waals surface area contributed by atoms with Gasteiger partial charge in [-0.15, -0.1) is 0 Å². The third-order valence-corrected chi connectivity index (χ3v) is 12.1. The van der Waals surface area contributed by atoms with Crippen molar-refractivity contribution < 1.29 is 0 Å². The maximum atomic E-state index is 2.84. The van der Waals surface area contributed by atoms with Crippen LogP contribution in [0.4, 0.5) is 0 Å². The van der Waals surface area contributed by atoms with E-state index < -0.39 is 0 Å². The van der Waals surface area contributed by atoms with Crippen LogP contribution < -0.4 is 0 Å². The van der Waals surface area contributed by atoms with Crippen LogP contribution in [0, 0.1) is 51.2 Å². The van der Waals surface area contributed by atoms with Gasteiger partial charge >= 0.3 is 0 Å². The molecule has 4 saturated carbocycles. The fourth-order valence-electron chi connectivity index (χ4n) is 9.88. The summed E-state index contributed by atoms with van der Waals surface area (Å²) in [7, 11) is 0. The number of hydrogen-bond donors (Lipinski definition) is 0. The second kappa shape index (κ2) is 5.66. The van der Waals surface area contributed by atoms with Crippen molar-refractivity contribution >= 4 is 0 Å². The van der Waals surface area contributed by atoms with E-state index in [0.29, 0.717) is 21.7 Å². The van der Waals surface area contributed by atoms with Gasteiger partial charge in [0.2, 0.25) is 0 Å². The Hall–Kier alpha value is -0.260. The molecule has 9 unspecified atom stereocenters. The zero-order valence-corrected chi connectivity index (χ0v) is 19.0. The summed E-state index contributed by atoms with van der Waals surface area (Å²) in [6.45, 7) is 16.0. The summed E-state index contributed by atoms with van der Waals surface area (Å²) in [4.78, 5) is 0. The van der Waals surface area contributed by atoms with Crippen LogP contribution in [0.2, 0.25) is 0 Å². The van der Waals surface area contributed by atoms with E-state index in [1.54, 1.807) is 0 Å². The monoisotopic (exact) mass is 368 g/mol. The van der Waals surface area contributed by atoms with Gasteiger partial charge in [0.1, 0.15) is 0 Å². The van der Waals surface area contributed by atoms with Crippen LogP contribution in [0.15, 0.2) is 11.6 Å². The lowest BCUT2D eigenvalue weighted by atomic mass is 9.36. The van der Waals surface area contributed by atoms with Gasteiger partial charge in [-0.2, -0.15) is 0 Å². The van der Waals surface area contributed by atoms with Crippen molar-refractivity contribution in [1.29, 1.82) is 0 Å². The molecule has 0 nitrogen and oxygen atoms in total. The molecule has 0 spiro atoms. The van der Waals surface area contributed by atoms with E-state index in [9.17, 15) is 0 Å². The second-order valence-electron chi connectivity index (χ2n) is 12.8. The second-order valence-corrected chi connectivity index (χ2v) is 12.8. The smallest absolute Gasteiger partial charge is 0.00564 e. The first-order valence-electron chi connectivity index (χ1n) is 12.4. The SMILES string of the molecule is CC1CCC2(C)CCC3(C)C(=CCC4C5(C)CCCC5CCC43C)C2C1C. The molecule has 5 aliphatic rings. The first-order chi connectivity index (χ1) is 12.7. The van der Waals surface area contributed by atoms with E-state index in [0.717, 1.165) is 29.6 Å². The summed E-state index contributed by atoms with van der Waals surface area (Å²) in [5.41, 5.74) is 4.14. The summed E-state index contributed by atoms with van der Waals surface area (Å²) in [5, 5.41) is 0. The largest absolute Gasteiger partial charge is 0.0841 e. The molecule has 5 aliphatic carbocycles. The molecule has 0 saturated heterocycles. The zero-order valence-electron chi connectivity index (χ0n) is 19.0. The van der Waals surface area contributed by atoms with Gasteiger partial charge < -0.3 is 0 Å². The minimum absolute atomic E-state index is 0.460. The Morgan fingerprint density at radius 2 is 1.63 bits per heavy atom. The molecule has 152 valence electrons. The minimum Gasteiger partial charge on any atom is -0.0841 e. The van der Waals surface area contributed by atoms with Crippen molar-refractivity contribution in [3.05, 3.63) is 11.6 Å². The Labute approximate surface area is 169 Å². The lowest BCUT2D eigenvalue weighted by Gasteiger charge is -2.68. The van der Waals surface area contributed by atoms with E-state index in [-0.39, 0.29) is 0 Å². The summed E-state index contributed by atoms with van der Waals surface area (Å²) < 4.78 is 0. The maximum absolute atomic E-state index is 2.84. The van der Waals surface area contributed by atoms with Gasteiger partial charge in [0.15, 0.2) is 0 Å². The van der Waals surface area contributed by atoms with Gasteiger partial charge in [-0.1, -0.05) is 59.6 Å². The number of hydrogen-bond acceptors (Lipinski definition) is 0. The van der Waals surface area contributed by atoms with Gasteiger partial charge in [0.05, 0.1) is 0 Å². The lowest BCUT2D eigenvalue weighted by molar-refractivity contribution is -0.138. The van der Waals surface area contributed by atoms with Crippen LogP contribution in [0.5, 0.6) is 0 Å². The van der Waals surface area contributed by atoms with Gasteiger partial charge in [0, 0.05) is 0 Å². The fraction of sp³-hybridized carbons (Fsp3) is 0.926. The highest BCUT2D eigenvalue weighted by atomic mass is 14.7. The quantitative estimate of drug-likeness (QED) is 0.380. The Bertz CT molecular complexity index is 659. The predicted molar refractivity (Wildman–Crippen MR) is 115 cm³/mol. The molecule has 27 heavy (non-hydrogen) atoms. The number of rotatable bonds is 0. The Balaban J connectivity index is 1.61. The molecule has 0 amide bonds. The Morgan fingerprint density at radius 3 is 2.41 bits per heavy atom. The predicted octanol–water partition coefficient (Wildman–Crippen LogP) is 8.03. The average Bonchev–Trinajstić information content (AvgIpc) is 3.01. The van der Waals surface area contributed by atoms with Crippen molar-refractivity contribution in [2.75, 3.05) is 0 Å². The fourth-order valence-corrected chi connectivity index (χ4v) is 9.88. The molecule has 0 aromatic heterocycles. The maximum Gasteiger partial charge on any atom is -0.00564 e. The molecule has 0 heterocycles. The molecule has 0 aliphatic heterocycles. The van der Waals surface area contributed by atoms with E-state index in [1.807, 2.05) is 5.57 Å². The van der Waals surface area contributed by atoms with Crippen molar-refractivity contribution in [3.63, 3.8) is 0 Å². The molecule has 0 heteroatoms.